The average molecular weight is 307 g/mol. The van der Waals surface area contributed by atoms with Crippen molar-refractivity contribution >= 4 is 17.2 Å². The van der Waals surface area contributed by atoms with Crippen molar-refractivity contribution in [2.75, 3.05) is 6.61 Å². The summed E-state index contributed by atoms with van der Waals surface area (Å²) in [5.74, 6) is -0.325. The molecule has 114 valence electrons. The van der Waals surface area contributed by atoms with E-state index in [1.807, 2.05) is 13.8 Å². The van der Waals surface area contributed by atoms with Crippen molar-refractivity contribution < 1.29 is 23.4 Å². The monoisotopic (exact) mass is 307 g/mol. The van der Waals surface area contributed by atoms with Gasteiger partial charge in [-0.25, -0.2) is 0 Å². The van der Waals surface area contributed by atoms with E-state index >= 15 is 0 Å². The molecule has 0 saturated heterocycles. The van der Waals surface area contributed by atoms with Gasteiger partial charge in [-0.1, -0.05) is 13.8 Å². The number of amides is 1. The van der Waals surface area contributed by atoms with Crippen LogP contribution in [0.3, 0.4) is 0 Å². The topological polar surface area (TPSA) is 58.6 Å². The summed E-state index contributed by atoms with van der Waals surface area (Å²) in [5.41, 5.74) is 0. The minimum Gasteiger partial charge on any atom is -0.433 e. The second kappa shape index (κ2) is 7.54. The standard InChI is InChI=1S/C13H19F2NO3S/c1-7(2)4-9(6-17)16-12(18)11-10(19-13(14)15)5-8(3)20-11/h5,7,9,13,17H,4,6H2,1-3H3,(H,16,18). The summed E-state index contributed by atoms with van der Waals surface area (Å²) in [5, 5.41) is 11.9. The third-order valence-corrected chi connectivity index (χ3v) is 3.59. The van der Waals surface area contributed by atoms with E-state index in [9.17, 15) is 18.7 Å². The molecule has 2 N–H and O–H groups in total. The van der Waals surface area contributed by atoms with Crippen LogP contribution in [-0.2, 0) is 0 Å². The van der Waals surface area contributed by atoms with Crippen molar-refractivity contribution in [3.05, 3.63) is 15.8 Å². The van der Waals surface area contributed by atoms with Crippen LogP contribution in [0.4, 0.5) is 8.78 Å². The highest BCUT2D eigenvalue weighted by molar-refractivity contribution is 7.14. The summed E-state index contributed by atoms with van der Waals surface area (Å²) >= 11 is 1.08. The minimum absolute atomic E-state index is 0.102. The molecule has 0 spiro atoms. The van der Waals surface area contributed by atoms with Gasteiger partial charge in [0.05, 0.1) is 12.6 Å². The van der Waals surface area contributed by atoms with Crippen molar-refractivity contribution in [1.29, 1.82) is 0 Å². The summed E-state index contributed by atoms with van der Waals surface area (Å²) in [7, 11) is 0. The number of nitrogens with one attached hydrogen (secondary N) is 1. The third-order valence-electron chi connectivity index (χ3n) is 2.56. The molecule has 1 heterocycles. The van der Waals surface area contributed by atoms with Gasteiger partial charge in [-0.2, -0.15) is 8.78 Å². The molecular formula is C13H19F2NO3S. The number of aliphatic hydroxyl groups is 1. The molecule has 0 bridgehead atoms. The molecule has 1 aromatic heterocycles. The maximum atomic E-state index is 12.3. The molecule has 0 radical (unpaired) electrons. The number of carbonyl (C=O) groups is 1. The molecule has 0 aliphatic carbocycles. The lowest BCUT2D eigenvalue weighted by Gasteiger charge is -2.18. The number of aryl methyl sites for hydroxylation is 1. The minimum atomic E-state index is -2.97. The van der Waals surface area contributed by atoms with E-state index in [-0.39, 0.29) is 17.2 Å². The predicted molar refractivity (Wildman–Crippen MR) is 73.5 cm³/mol. The number of halogens is 2. The Balaban J connectivity index is 2.80. The number of carbonyl (C=O) groups excluding carboxylic acids is 1. The molecule has 0 saturated carbocycles. The highest BCUT2D eigenvalue weighted by atomic mass is 32.1. The van der Waals surface area contributed by atoms with Gasteiger partial charge in [0, 0.05) is 4.88 Å². The zero-order valence-corrected chi connectivity index (χ0v) is 12.5. The molecule has 0 aromatic carbocycles. The largest absolute Gasteiger partial charge is 0.433 e. The first-order valence-electron chi connectivity index (χ1n) is 6.30. The highest BCUT2D eigenvalue weighted by Gasteiger charge is 2.21. The first-order chi connectivity index (χ1) is 9.33. The Labute approximate surface area is 120 Å². The fourth-order valence-electron chi connectivity index (χ4n) is 1.83. The lowest BCUT2D eigenvalue weighted by Crippen LogP contribution is -2.38. The second-order valence-corrected chi connectivity index (χ2v) is 6.17. The van der Waals surface area contributed by atoms with Crippen molar-refractivity contribution in [2.24, 2.45) is 5.92 Å². The number of hydrogen-bond donors (Lipinski definition) is 2. The number of thiophene rings is 1. The van der Waals surface area contributed by atoms with Gasteiger partial charge in [0.1, 0.15) is 10.6 Å². The molecule has 0 aliphatic rings. The van der Waals surface area contributed by atoms with Crippen LogP contribution in [0.2, 0.25) is 0 Å². The summed E-state index contributed by atoms with van der Waals surface area (Å²) < 4.78 is 28.9. The van der Waals surface area contributed by atoms with Gasteiger partial charge in [0.2, 0.25) is 0 Å². The van der Waals surface area contributed by atoms with Gasteiger partial charge in [0.15, 0.2) is 0 Å². The van der Waals surface area contributed by atoms with Crippen LogP contribution >= 0.6 is 11.3 Å². The first-order valence-corrected chi connectivity index (χ1v) is 7.12. The number of rotatable bonds is 7. The lowest BCUT2D eigenvalue weighted by atomic mass is 10.0. The molecule has 1 atom stereocenters. The van der Waals surface area contributed by atoms with Gasteiger partial charge in [-0.3, -0.25) is 4.79 Å². The molecule has 1 amide bonds. The van der Waals surface area contributed by atoms with Crippen molar-refractivity contribution in [3.63, 3.8) is 0 Å². The van der Waals surface area contributed by atoms with E-state index in [1.54, 1.807) is 6.92 Å². The van der Waals surface area contributed by atoms with E-state index in [4.69, 9.17) is 0 Å². The predicted octanol–water partition coefficient (Wildman–Crippen LogP) is 2.79. The Morgan fingerprint density at radius 2 is 2.15 bits per heavy atom. The van der Waals surface area contributed by atoms with E-state index in [0.29, 0.717) is 17.2 Å². The molecular weight excluding hydrogens is 288 g/mol. The smallest absolute Gasteiger partial charge is 0.387 e. The fourth-order valence-corrected chi connectivity index (χ4v) is 2.68. The van der Waals surface area contributed by atoms with Gasteiger partial charge >= 0.3 is 6.61 Å². The van der Waals surface area contributed by atoms with Gasteiger partial charge < -0.3 is 15.2 Å². The normalized spacial score (nSPS) is 12.8. The Morgan fingerprint density at radius 3 is 2.65 bits per heavy atom. The molecule has 0 fully saturated rings. The number of aliphatic hydroxyl groups excluding tert-OH is 1. The summed E-state index contributed by atoms with van der Waals surface area (Å²) in [4.78, 5) is 12.9. The van der Waals surface area contributed by atoms with Gasteiger partial charge in [-0.05, 0) is 25.3 Å². The van der Waals surface area contributed by atoms with Crippen LogP contribution in [0.25, 0.3) is 0 Å². The number of ether oxygens (including phenoxy) is 1. The van der Waals surface area contributed by atoms with Crippen LogP contribution in [0.5, 0.6) is 5.75 Å². The Bertz CT molecular complexity index is 449. The average Bonchev–Trinajstić information content (AvgIpc) is 2.67. The number of hydrogen-bond acceptors (Lipinski definition) is 4. The zero-order valence-electron chi connectivity index (χ0n) is 11.7. The van der Waals surface area contributed by atoms with Gasteiger partial charge in [-0.15, -0.1) is 11.3 Å². The molecule has 0 aliphatic heterocycles. The van der Waals surface area contributed by atoms with Crippen LogP contribution in [0, 0.1) is 12.8 Å². The van der Waals surface area contributed by atoms with Crippen molar-refractivity contribution in [3.8, 4) is 5.75 Å². The second-order valence-electron chi connectivity index (χ2n) is 4.91. The summed E-state index contributed by atoms with van der Waals surface area (Å²) in [6, 6.07) is 1.01. The van der Waals surface area contributed by atoms with Gasteiger partial charge in [0.25, 0.3) is 5.91 Å². The fraction of sp³-hybridized carbons (Fsp3) is 0.615. The van der Waals surface area contributed by atoms with E-state index in [2.05, 4.69) is 10.1 Å². The zero-order chi connectivity index (χ0) is 15.3. The Morgan fingerprint density at radius 1 is 1.50 bits per heavy atom. The summed E-state index contributed by atoms with van der Waals surface area (Å²) in [6.45, 7) is 2.47. The van der Waals surface area contributed by atoms with E-state index < -0.39 is 18.6 Å². The SMILES string of the molecule is Cc1cc(OC(F)F)c(C(=O)NC(CO)CC(C)C)s1. The van der Waals surface area contributed by atoms with Crippen LogP contribution in [0.15, 0.2) is 6.07 Å². The molecule has 4 nitrogen and oxygen atoms in total. The lowest BCUT2D eigenvalue weighted by molar-refractivity contribution is -0.0498. The molecule has 20 heavy (non-hydrogen) atoms. The van der Waals surface area contributed by atoms with Crippen LogP contribution in [0.1, 0.15) is 34.8 Å². The number of alkyl halides is 2. The summed E-state index contributed by atoms with van der Waals surface area (Å²) in [6.07, 6.45) is 0.609. The first kappa shape index (κ1) is 16.8. The molecule has 1 rings (SSSR count). The molecule has 1 aromatic rings. The maximum absolute atomic E-state index is 12.3. The van der Waals surface area contributed by atoms with Crippen molar-refractivity contribution in [1.82, 2.24) is 5.32 Å². The highest BCUT2D eigenvalue weighted by Crippen LogP contribution is 2.30. The van der Waals surface area contributed by atoms with Crippen molar-refractivity contribution in [2.45, 2.75) is 39.8 Å². The molecule has 7 heteroatoms. The van der Waals surface area contributed by atoms with E-state index in [1.165, 1.54) is 6.07 Å². The van der Waals surface area contributed by atoms with E-state index in [0.717, 1.165) is 11.3 Å². The maximum Gasteiger partial charge on any atom is 0.387 e. The quantitative estimate of drug-likeness (QED) is 0.814. The molecule has 1 unspecified atom stereocenters. The Hall–Kier alpha value is -1.21. The van der Waals surface area contributed by atoms with Crippen LogP contribution in [-0.4, -0.2) is 30.3 Å². The third kappa shape index (κ3) is 5.05. The van der Waals surface area contributed by atoms with Crippen LogP contribution < -0.4 is 10.1 Å². The Kier molecular flexibility index (Phi) is 6.35.